The van der Waals surface area contributed by atoms with Gasteiger partial charge in [-0.05, 0) is 19.4 Å². The molecule has 3 rings (SSSR count). The average Bonchev–Trinajstić information content (AvgIpc) is 3.07. The molecule has 1 amide bonds. The van der Waals surface area contributed by atoms with Crippen molar-refractivity contribution in [3.63, 3.8) is 0 Å². The molecule has 0 bridgehead atoms. The Morgan fingerprint density at radius 2 is 2.10 bits per heavy atom. The zero-order valence-electron chi connectivity index (χ0n) is 11.8. The third-order valence-corrected chi connectivity index (χ3v) is 3.32. The highest BCUT2D eigenvalue weighted by atomic mass is 16.7. The summed E-state index contributed by atoms with van der Waals surface area (Å²) in [5, 5.41) is 10.4. The smallest absolute Gasteiger partial charge is 0.272 e. The van der Waals surface area contributed by atoms with E-state index in [1.165, 1.54) is 0 Å². The molecule has 1 aromatic carbocycles. The van der Waals surface area contributed by atoms with E-state index in [-0.39, 0.29) is 5.91 Å². The molecule has 0 aliphatic carbocycles. The molecule has 108 valence electrons. The van der Waals surface area contributed by atoms with Crippen LogP contribution in [0.3, 0.4) is 0 Å². The molecule has 6 heteroatoms. The highest BCUT2D eigenvalue weighted by molar-refractivity contribution is 6.07. The molecule has 2 heterocycles. The minimum atomic E-state index is -1.04. The van der Waals surface area contributed by atoms with Crippen molar-refractivity contribution in [2.75, 3.05) is 5.32 Å². The summed E-state index contributed by atoms with van der Waals surface area (Å²) < 4.78 is 4.92. The summed E-state index contributed by atoms with van der Waals surface area (Å²) in [6.45, 7) is 3.46. The van der Waals surface area contributed by atoms with E-state index in [0.717, 1.165) is 11.3 Å². The predicted octanol–water partition coefficient (Wildman–Crippen LogP) is 2.50. The number of hydrogen-bond donors (Lipinski definition) is 1. The number of aryl methyl sites for hydroxylation is 1. The van der Waals surface area contributed by atoms with Gasteiger partial charge in [0.05, 0.1) is 5.71 Å². The molecule has 0 fully saturated rings. The highest BCUT2D eigenvalue weighted by Crippen LogP contribution is 2.28. The Morgan fingerprint density at radius 3 is 2.76 bits per heavy atom. The number of amides is 1. The van der Waals surface area contributed by atoms with Gasteiger partial charge in [0.25, 0.3) is 5.91 Å². The van der Waals surface area contributed by atoms with Crippen LogP contribution in [0.15, 0.2) is 46.1 Å². The van der Waals surface area contributed by atoms with Crippen molar-refractivity contribution in [3.8, 4) is 0 Å². The van der Waals surface area contributed by atoms with E-state index in [1.807, 2.05) is 30.3 Å². The Kier molecular flexibility index (Phi) is 3.21. The van der Waals surface area contributed by atoms with Crippen LogP contribution in [0.2, 0.25) is 0 Å². The third kappa shape index (κ3) is 2.65. The predicted molar refractivity (Wildman–Crippen MR) is 77.0 cm³/mol. The first kappa shape index (κ1) is 13.4. The number of rotatable bonds is 3. The normalized spacial score (nSPS) is 20.8. The zero-order valence-corrected chi connectivity index (χ0v) is 11.8. The van der Waals surface area contributed by atoms with Crippen LogP contribution >= 0.6 is 0 Å². The van der Waals surface area contributed by atoms with Gasteiger partial charge in [-0.2, -0.15) is 0 Å². The SMILES string of the molecule is Cc1cc(NC(=O)[C@]2(C)CC(c3ccccc3)=NO2)no1. The molecule has 1 aromatic heterocycles. The van der Waals surface area contributed by atoms with Crippen molar-refractivity contribution < 1.29 is 14.2 Å². The first-order chi connectivity index (χ1) is 10.1. The number of benzene rings is 1. The lowest BCUT2D eigenvalue weighted by Gasteiger charge is -2.19. The largest absolute Gasteiger partial charge is 0.379 e. The monoisotopic (exact) mass is 285 g/mol. The molecule has 0 unspecified atom stereocenters. The molecule has 21 heavy (non-hydrogen) atoms. The maximum atomic E-state index is 12.3. The van der Waals surface area contributed by atoms with E-state index < -0.39 is 5.60 Å². The summed E-state index contributed by atoms with van der Waals surface area (Å²) in [4.78, 5) is 17.7. The third-order valence-electron chi connectivity index (χ3n) is 3.32. The molecule has 0 radical (unpaired) electrons. The molecule has 6 nitrogen and oxygen atoms in total. The lowest BCUT2D eigenvalue weighted by Crippen LogP contribution is -2.40. The van der Waals surface area contributed by atoms with Gasteiger partial charge in [0, 0.05) is 12.5 Å². The number of nitrogens with one attached hydrogen (secondary N) is 1. The summed E-state index contributed by atoms with van der Waals surface area (Å²) in [7, 11) is 0. The van der Waals surface area contributed by atoms with E-state index >= 15 is 0 Å². The second-order valence-corrected chi connectivity index (χ2v) is 5.18. The maximum Gasteiger partial charge on any atom is 0.272 e. The maximum absolute atomic E-state index is 12.3. The van der Waals surface area contributed by atoms with Crippen LogP contribution in [-0.4, -0.2) is 22.4 Å². The van der Waals surface area contributed by atoms with Crippen LogP contribution in [0.5, 0.6) is 0 Å². The lowest BCUT2D eigenvalue weighted by molar-refractivity contribution is -0.136. The van der Waals surface area contributed by atoms with E-state index in [4.69, 9.17) is 9.36 Å². The van der Waals surface area contributed by atoms with Crippen LogP contribution < -0.4 is 5.32 Å². The van der Waals surface area contributed by atoms with Crippen LogP contribution in [0.25, 0.3) is 0 Å². The van der Waals surface area contributed by atoms with Gasteiger partial charge in [-0.3, -0.25) is 4.79 Å². The van der Waals surface area contributed by atoms with E-state index in [9.17, 15) is 4.79 Å². The topological polar surface area (TPSA) is 76.7 Å². The summed E-state index contributed by atoms with van der Waals surface area (Å²) in [6, 6.07) is 11.3. The van der Waals surface area contributed by atoms with Crippen LogP contribution in [0.4, 0.5) is 5.82 Å². The van der Waals surface area contributed by atoms with Crippen molar-refractivity contribution in [1.29, 1.82) is 0 Å². The fourth-order valence-electron chi connectivity index (χ4n) is 2.12. The Hall–Kier alpha value is -2.63. The summed E-state index contributed by atoms with van der Waals surface area (Å²) in [5.74, 6) is 0.699. The summed E-state index contributed by atoms with van der Waals surface area (Å²) in [5.41, 5.74) is 0.661. The Labute approximate surface area is 121 Å². The van der Waals surface area contributed by atoms with Crippen molar-refractivity contribution in [2.24, 2.45) is 5.16 Å². The fraction of sp³-hybridized carbons (Fsp3) is 0.267. The highest BCUT2D eigenvalue weighted by Gasteiger charge is 2.42. The average molecular weight is 285 g/mol. The molecule has 0 spiro atoms. The van der Waals surface area contributed by atoms with Crippen molar-refractivity contribution in [2.45, 2.75) is 25.9 Å². The summed E-state index contributed by atoms with van der Waals surface area (Å²) in [6.07, 6.45) is 0.402. The van der Waals surface area contributed by atoms with Gasteiger partial charge in [-0.1, -0.05) is 40.6 Å². The van der Waals surface area contributed by atoms with Crippen molar-refractivity contribution in [1.82, 2.24) is 5.16 Å². The molecule has 1 N–H and O–H groups in total. The summed E-state index contributed by atoms with van der Waals surface area (Å²) >= 11 is 0. The number of nitrogens with zero attached hydrogens (tertiary/aromatic N) is 2. The molecular formula is C15H15N3O3. The van der Waals surface area contributed by atoms with Gasteiger partial charge in [-0.15, -0.1) is 0 Å². The minimum absolute atomic E-state index is 0.300. The van der Waals surface area contributed by atoms with Crippen molar-refractivity contribution in [3.05, 3.63) is 47.7 Å². The Morgan fingerprint density at radius 1 is 1.33 bits per heavy atom. The number of aromatic nitrogens is 1. The molecular weight excluding hydrogens is 270 g/mol. The fourth-order valence-corrected chi connectivity index (χ4v) is 2.12. The Bertz CT molecular complexity index is 693. The van der Waals surface area contributed by atoms with E-state index in [1.54, 1.807) is 19.9 Å². The van der Waals surface area contributed by atoms with Crippen LogP contribution in [0.1, 0.15) is 24.7 Å². The van der Waals surface area contributed by atoms with Gasteiger partial charge in [-0.25, -0.2) is 0 Å². The van der Waals surface area contributed by atoms with E-state index in [0.29, 0.717) is 18.0 Å². The molecule has 0 saturated carbocycles. The molecule has 2 aromatic rings. The Balaban J connectivity index is 1.71. The molecule has 1 aliphatic rings. The second-order valence-electron chi connectivity index (χ2n) is 5.18. The van der Waals surface area contributed by atoms with Gasteiger partial charge >= 0.3 is 0 Å². The number of anilines is 1. The number of hydrogen-bond acceptors (Lipinski definition) is 5. The molecule has 1 atom stereocenters. The molecule has 1 aliphatic heterocycles. The first-order valence-corrected chi connectivity index (χ1v) is 6.62. The first-order valence-electron chi connectivity index (χ1n) is 6.62. The van der Waals surface area contributed by atoms with Crippen LogP contribution in [-0.2, 0) is 9.63 Å². The zero-order chi connectivity index (χ0) is 14.9. The van der Waals surface area contributed by atoms with Crippen LogP contribution in [0, 0.1) is 6.92 Å². The standard InChI is InChI=1S/C15H15N3O3/c1-10-8-13(18-20-10)16-14(19)15(2)9-12(17-21-15)11-6-4-3-5-7-11/h3-8H,9H2,1-2H3,(H,16,18,19)/t15-/m0/s1. The van der Waals surface area contributed by atoms with Gasteiger partial charge < -0.3 is 14.7 Å². The van der Waals surface area contributed by atoms with E-state index in [2.05, 4.69) is 15.6 Å². The number of carbonyl (C=O) groups excluding carboxylic acids is 1. The number of carbonyl (C=O) groups is 1. The minimum Gasteiger partial charge on any atom is -0.379 e. The second kappa shape index (κ2) is 5.05. The van der Waals surface area contributed by atoms with Gasteiger partial charge in [0.1, 0.15) is 5.76 Å². The van der Waals surface area contributed by atoms with Gasteiger partial charge in [0.15, 0.2) is 5.82 Å². The lowest BCUT2D eigenvalue weighted by atomic mass is 9.95. The molecule has 0 saturated heterocycles. The van der Waals surface area contributed by atoms with Gasteiger partial charge in [0.2, 0.25) is 5.60 Å². The quantitative estimate of drug-likeness (QED) is 0.940. The number of oxime groups is 1. The van der Waals surface area contributed by atoms with Crippen molar-refractivity contribution >= 4 is 17.4 Å².